The van der Waals surface area contributed by atoms with Crippen LogP contribution in [-0.2, 0) is 10.0 Å². The topological polar surface area (TPSA) is 125 Å². The third-order valence-electron chi connectivity index (χ3n) is 2.66. The highest BCUT2D eigenvalue weighted by Crippen LogP contribution is 2.24. The van der Waals surface area contributed by atoms with Crippen LogP contribution in [0.3, 0.4) is 0 Å². The van der Waals surface area contributed by atoms with Crippen molar-refractivity contribution in [3.63, 3.8) is 0 Å². The molecule has 106 valence electrons. The molecule has 0 fully saturated rings. The van der Waals surface area contributed by atoms with Gasteiger partial charge in [-0.15, -0.1) is 5.10 Å². The molecule has 0 unspecified atom stereocenters. The molecule has 8 nitrogen and oxygen atoms in total. The average molecular weight is 296 g/mol. The summed E-state index contributed by atoms with van der Waals surface area (Å²) in [7, 11) is -3.93. The molecule has 0 aliphatic rings. The van der Waals surface area contributed by atoms with Gasteiger partial charge in [0.1, 0.15) is 10.6 Å². The Morgan fingerprint density at radius 2 is 2.10 bits per heavy atom. The van der Waals surface area contributed by atoms with E-state index >= 15 is 0 Å². The number of aromatic nitrogens is 3. The Kier molecular flexibility index (Phi) is 3.45. The molecule has 0 spiro atoms. The van der Waals surface area contributed by atoms with Gasteiger partial charge in [0, 0.05) is 17.5 Å². The number of anilines is 1. The molecular weight excluding hydrogens is 284 g/mol. The zero-order valence-corrected chi connectivity index (χ0v) is 11.5. The summed E-state index contributed by atoms with van der Waals surface area (Å²) in [6, 6.07) is 2.98. The molecular formula is C11H12N4O4S. The highest BCUT2D eigenvalue weighted by molar-refractivity contribution is 7.92. The van der Waals surface area contributed by atoms with Crippen molar-refractivity contribution in [2.24, 2.45) is 0 Å². The van der Waals surface area contributed by atoms with Crippen LogP contribution in [0.25, 0.3) is 0 Å². The van der Waals surface area contributed by atoms with Crippen LogP contribution in [0.1, 0.15) is 21.7 Å². The lowest BCUT2D eigenvalue weighted by Gasteiger charge is -2.07. The number of rotatable bonds is 4. The molecule has 0 amide bonds. The number of sulfonamides is 1. The highest BCUT2D eigenvalue weighted by Gasteiger charge is 2.26. The second kappa shape index (κ2) is 4.93. The number of carbonyl (C=O) groups is 1. The Labute approximate surface area is 114 Å². The Morgan fingerprint density at radius 1 is 1.40 bits per heavy atom. The van der Waals surface area contributed by atoms with Crippen molar-refractivity contribution in [1.82, 2.24) is 15.2 Å². The summed E-state index contributed by atoms with van der Waals surface area (Å²) in [6.07, 6.45) is 1.41. The molecule has 0 bridgehead atoms. The van der Waals surface area contributed by atoms with Crippen molar-refractivity contribution in [2.45, 2.75) is 18.7 Å². The molecule has 0 saturated carbocycles. The van der Waals surface area contributed by atoms with Crippen LogP contribution >= 0.6 is 0 Å². The van der Waals surface area contributed by atoms with Crippen LogP contribution in [0.2, 0.25) is 0 Å². The van der Waals surface area contributed by atoms with Gasteiger partial charge in [0.2, 0.25) is 0 Å². The molecule has 0 radical (unpaired) electrons. The van der Waals surface area contributed by atoms with Crippen molar-refractivity contribution >= 4 is 21.8 Å². The number of aromatic carboxylic acids is 1. The van der Waals surface area contributed by atoms with Gasteiger partial charge in [-0.1, -0.05) is 0 Å². The Balaban J connectivity index is 2.48. The molecule has 2 rings (SSSR count). The summed E-state index contributed by atoms with van der Waals surface area (Å²) >= 11 is 0. The van der Waals surface area contributed by atoms with Gasteiger partial charge in [-0.25, -0.2) is 13.2 Å². The third-order valence-corrected chi connectivity index (χ3v) is 4.29. The van der Waals surface area contributed by atoms with Gasteiger partial charge in [-0.2, -0.15) is 5.10 Å². The van der Waals surface area contributed by atoms with E-state index < -0.39 is 16.0 Å². The fraction of sp³-hybridized carbons (Fsp3) is 0.182. The van der Waals surface area contributed by atoms with Gasteiger partial charge in [0.05, 0.1) is 0 Å². The molecule has 9 heteroatoms. The molecule has 3 N–H and O–H groups in total. The fourth-order valence-electron chi connectivity index (χ4n) is 1.89. The standard InChI is InChI=1S/C11H12N4O4S/c1-6-9(11(16)17)13-7(2)10(6)20(18,19)15-8-4-3-5-12-14-8/h3-5,13H,1-2H3,(H,14,15)(H,16,17). The van der Waals surface area contributed by atoms with E-state index in [-0.39, 0.29) is 27.7 Å². The fourth-order valence-corrected chi connectivity index (χ4v) is 3.34. The summed E-state index contributed by atoms with van der Waals surface area (Å²) in [4.78, 5) is 13.5. The summed E-state index contributed by atoms with van der Waals surface area (Å²) in [6.45, 7) is 2.92. The van der Waals surface area contributed by atoms with Crippen LogP contribution in [-0.4, -0.2) is 34.7 Å². The number of aromatic amines is 1. The van der Waals surface area contributed by atoms with E-state index in [1.54, 1.807) is 0 Å². The molecule has 20 heavy (non-hydrogen) atoms. The number of H-pyrrole nitrogens is 1. The first-order valence-corrected chi connectivity index (χ1v) is 7.04. The monoisotopic (exact) mass is 296 g/mol. The molecule has 2 heterocycles. The first-order chi connectivity index (χ1) is 9.33. The van der Waals surface area contributed by atoms with E-state index in [0.29, 0.717) is 0 Å². The maximum atomic E-state index is 12.3. The van der Waals surface area contributed by atoms with E-state index in [4.69, 9.17) is 5.11 Å². The lowest BCUT2D eigenvalue weighted by Crippen LogP contribution is -2.15. The number of hydrogen-bond acceptors (Lipinski definition) is 5. The van der Waals surface area contributed by atoms with Crippen molar-refractivity contribution in [3.05, 3.63) is 35.3 Å². The maximum absolute atomic E-state index is 12.3. The summed E-state index contributed by atoms with van der Waals surface area (Å²) in [5, 5.41) is 16.2. The van der Waals surface area contributed by atoms with Gasteiger partial charge in [-0.3, -0.25) is 4.72 Å². The maximum Gasteiger partial charge on any atom is 0.352 e. The van der Waals surface area contributed by atoms with Crippen molar-refractivity contribution < 1.29 is 18.3 Å². The average Bonchev–Trinajstić information content (AvgIpc) is 2.66. The minimum absolute atomic E-state index is 0.0596. The van der Waals surface area contributed by atoms with Crippen LogP contribution in [0.15, 0.2) is 23.2 Å². The number of nitrogens with one attached hydrogen (secondary N) is 2. The van der Waals surface area contributed by atoms with Gasteiger partial charge in [0.15, 0.2) is 5.82 Å². The molecule has 0 aromatic carbocycles. The predicted octanol–water partition coefficient (Wildman–Crippen LogP) is 0.921. The Morgan fingerprint density at radius 3 is 2.60 bits per heavy atom. The lowest BCUT2D eigenvalue weighted by molar-refractivity contribution is 0.0690. The van der Waals surface area contributed by atoms with Crippen LogP contribution < -0.4 is 4.72 Å². The second-order valence-corrected chi connectivity index (χ2v) is 5.72. The van der Waals surface area contributed by atoms with E-state index in [1.165, 1.54) is 32.2 Å². The summed E-state index contributed by atoms with van der Waals surface area (Å²) < 4.78 is 26.8. The number of carboxylic acid groups (broad SMARTS) is 1. The van der Waals surface area contributed by atoms with E-state index in [1.807, 2.05) is 0 Å². The van der Waals surface area contributed by atoms with Gasteiger partial charge in [-0.05, 0) is 26.0 Å². The third kappa shape index (κ3) is 2.48. The molecule has 0 aliphatic carbocycles. The van der Waals surface area contributed by atoms with Gasteiger partial charge < -0.3 is 10.1 Å². The van der Waals surface area contributed by atoms with Crippen LogP contribution in [0.5, 0.6) is 0 Å². The van der Waals surface area contributed by atoms with E-state index in [9.17, 15) is 13.2 Å². The molecule has 2 aromatic heterocycles. The lowest BCUT2D eigenvalue weighted by atomic mass is 10.2. The number of aryl methyl sites for hydroxylation is 1. The largest absolute Gasteiger partial charge is 0.477 e. The van der Waals surface area contributed by atoms with E-state index in [0.717, 1.165) is 0 Å². The van der Waals surface area contributed by atoms with Gasteiger partial charge >= 0.3 is 5.97 Å². The highest BCUT2D eigenvalue weighted by atomic mass is 32.2. The SMILES string of the molecule is Cc1[nH]c(C(=O)O)c(C)c1S(=O)(=O)Nc1cccnn1. The zero-order valence-electron chi connectivity index (χ0n) is 10.7. The quantitative estimate of drug-likeness (QED) is 0.770. The minimum Gasteiger partial charge on any atom is -0.477 e. The van der Waals surface area contributed by atoms with Crippen molar-refractivity contribution in [2.75, 3.05) is 4.72 Å². The number of nitrogens with zero attached hydrogens (tertiary/aromatic N) is 2. The van der Waals surface area contributed by atoms with Gasteiger partial charge in [0.25, 0.3) is 10.0 Å². The molecule has 0 aliphatic heterocycles. The Bertz CT molecular complexity index is 752. The molecule has 0 saturated heterocycles. The molecule has 0 atom stereocenters. The first kappa shape index (κ1) is 14.0. The second-order valence-electron chi connectivity index (χ2n) is 4.10. The normalized spacial score (nSPS) is 11.3. The number of carboxylic acids is 1. The molecule has 2 aromatic rings. The van der Waals surface area contributed by atoms with Crippen LogP contribution in [0.4, 0.5) is 5.82 Å². The summed E-state index contributed by atoms with van der Waals surface area (Å²) in [5.41, 5.74) is 0.240. The number of hydrogen-bond donors (Lipinski definition) is 3. The minimum atomic E-state index is -3.93. The van der Waals surface area contributed by atoms with Crippen molar-refractivity contribution in [1.29, 1.82) is 0 Å². The zero-order chi connectivity index (χ0) is 14.9. The van der Waals surface area contributed by atoms with Crippen LogP contribution in [0, 0.1) is 13.8 Å². The summed E-state index contributed by atoms with van der Waals surface area (Å²) in [5.74, 6) is -1.16. The first-order valence-electron chi connectivity index (χ1n) is 5.56. The van der Waals surface area contributed by atoms with E-state index in [2.05, 4.69) is 19.9 Å². The predicted molar refractivity (Wildman–Crippen MR) is 70.1 cm³/mol. The Hall–Kier alpha value is -2.42. The van der Waals surface area contributed by atoms with Crippen molar-refractivity contribution in [3.8, 4) is 0 Å². The smallest absolute Gasteiger partial charge is 0.352 e.